The van der Waals surface area contributed by atoms with Gasteiger partial charge in [0.15, 0.2) is 0 Å². The third-order valence-electron chi connectivity index (χ3n) is 4.25. The second-order valence-corrected chi connectivity index (χ2v) is 5.74. The second kappa shape index (κ2) is 5.93. The molecule has 0 radical (unpaired) electrons. The van der Waals surface area contributed by atoms with Gasteiger partial charge in [0.05, 0.1) is 6.10 Å². The molecule has 1 aliphatic heterocycles. The van der Waals surface area contributed by atoms with Crippen LogP contribution in [-0.2, 0) is 11.3 Å². The third kappa shape index (κ3) is 3.48. The maximum Gasteiger partial charge on any atom is 0.0605 e. The van der Waals surface area contributed by atoms with Crippen LogP contribution in [0.15, 0.2) is 24.3 Å². The molecule has 0 spiro atoms. The van der Waals surface area contributed by atoms with Crippen LogP contribution in [0.5, 0.6) is 0 Å². The molecule has 19 heavy (non-hydrogen) atoms. The predicted octanol–water partition coefficient (Wildman–Crippen LogP) is 2.55. The van der Waals surface area contributed by atoms with Crippen molar-refractivity contribution >= 4 is 5.69 Å². The van der Waals surface area contributed by atoms with E-state index in [-0.39, 0.29) is 0 Å². The molecule has 1 aromatic carbocycles. The smallest absolute Gasteiger partial charge is 0.0605 e. The third-order valence-corrected chi connectivity index (χ3v) is 4.25. The van der Waals surface area contributed by atoms with Gasteiger partial charge in [-0.15, -0.1) is 0 Å². The first-order chi connectivity index (χ1) is 9.35. The quantitative estimate of drug-likeness (QED) is 0.880. The average molecular weight is 260 g/mol. The van der Waals surface area contributed by atoms with Crippen molar-refractivity contribution in [2.45, 2.75) is 44.4 Å². The Hall–Kier alpha value is -1.06. The summed E-state index contributed by atoms with van der Waals surface area (Å²) >= 11 is 0. The molecule has 1 saturated carbocycles. The van der Waals surface area contributed by atoms with Crippen molar-refractivity contribution in [1.29, 1.82) is 0 Å². The highest BCUT2D eigenvalue weighted by Crippen LogP contribution is 2.22. The highest BCUT2D eigenvalue weighted by molar-refractivity contribution is 5.48. The van der Waals surface area contributed by atoms with E-state index >= 15 is 0 Å². The van der Waals surface area contributed by atoms with Crippen LogP contribution in [-0.4, -0.2) is 32.3 Å². The number of hydrogen-bond donors (Lipinski definition) is 1. The van der Waals surface area contributed by atoms with Crippen LogP contribution in [0.1, 0.15) is 31.2 Å². The Balaban J connectivity index is 1.53. The van der Waals surface area contributed by atoms with Crippen molar-refractivity contribution in [3.8, 4) is 0 Å². The molecule has 0 atom stereocenters. The molecule has 1 aromatic rings. The number of benzene rings is 1. The number of hydrogen-bond acceptors (Lipinski definition) is 3. The molecule has 0 aromatic heterocycles. The number of nitrogens with zero attached hydrogens (tertiary/aromatic N) is 1. The number of anilines is 1. The molecule has 104 valence electrons. The van der Waals surface area contributed by atoms with Crippen molar-refractivity contribution in [3.05, 3.63) is 29.8 Å². The summed E-state index contributed by atoms with van der Waals surface area (Å²) in [4.78, 5) is 2.47. The summed E-state index contributed by atoms with van der Waals surface area (Å²) in [5.41, 5.74) is 2.74. The van der Waals surface area contributed by atoms with Gasteiger partial charge in [-0.05, 0) is 43.4 Å². The monoisotopic (exact) mass is 260 g/mol. The summed E-state index contributed by atoms with van der Waals surface area (Å²) in [6.07, 6.45) is 5.44. The summed E-state index contributed by atoms with van der Waals surface area (Å²) in [7, 11) is 1.82. The first kappa shape index (κ1) is 12.9. The minimum atomic E-state index is 0.457. The van der Waals surface area contributed by atoms with E-state index in [1.165, 1.54) is 24.1 Å². The van der Waals surface area contributed by atoms with E-state index in [9.17, 15) is 0 Å². The van der Waals surface area contributed by atoms with Crippen molar-refractivity contribution in [1.82, 2.24) is 5.32 Å². The Bertz CT molecular complexity index is 392. The van der Waals surface area contributed by atoms with Crippen LogP contribution >= 0.6 is 0 Å². The first-order valence-corrected chi connectivity index (χ1v) is 7.45. The summed E-state index contributed by atoms with van der Waals surface area (Å²) < 4.78 is 5.42. The highest BCUT2D eigenvalue weighted by Gasteiger charge is 2.20. The molecule has 1 aliphatic carbocycles. The fraction of sp³-hybridized carbons (Fsp3) is 0.625. The van der Waals surface area contributed by atoms with Gasteiger partial charge in [0, 0.05) is 38.5 Å². The normalized spacial score (nSPS) is 20.8. The lowest BCUT2D eigenvalue weighted by atomic mass is 10.1. The highest BCUT2D eigenvalue weighted by atomic mass is 16.5. The fourth-order valence-corrected chi connectivity index (χ4v) is 2.72. The zero-order chi connectivity index (χ0) is 13.1. The lowest BCUT2D eigenvalue weighted by Crippen LogP contribution is -2.36. The van der Waals surface area contributed by atoms with E-state index in [0.29, 0.717) is 6.10 Å². The van der Waals surface area contributed by atoms with Crippen LogP contribution in [0.4, 0.5) is 5.69 Å². The van der Waals surface area contributed by atoms with E-state index in [1.807, 2.05) is 7.11 Å². The van der Waals surface area contributed by atoms with Gasteiger partial charge in [-0.25, -0.2) is 0 Å². The van der Waals surface area contributed by atoms with Crippen molar-refractivity contribution in [3.63, 3.8) is 0 Å². The van der Waals surface area contributed by atoms with Gasteiger partial charge in [-0.3, -0.25) is 0 Å². The SMILES string of the molecule is COC1CCN(c2ccc(CNC3CC3)cc2)CC1. The van der Waals surface area contributed by atoms with Crippen LogP contribution in [0.2, 0.25) is 0 Å². The maximum atomic E-state index is 5.42. The zero-order valence-electron chi connectivity index (χ0n) is 11.8. The Morgan fingerprint density at radius 1 is 1.11 bits per heavy atom. The first-order valence-electron chi connectivity index (χ1n) is 7.45. The largest absolute Gasteiger partial charge is 0.381 e. The number of piperidine rings is 1. The molecule has 0 bridgehead atoms. The molecule has 0 unspecified atom stereocenters. The fourth-order valence-electron chi connectivity index (χ4n) is 2.72. The molecule has 3 heteroatoms. The molecule has 3 nitrogen and oxygen atoms in total. The van der Waals surface area contributed by atoms with Crippen molar-refractivity contribution in [2.24, 2.45) is 0 Å². The molecule has 3 rings (SSSR count). The van der Waals surface area contributed by atoms with E-state index in [2.05, 4.69) is 34.5 Å². The molecule has 1 heterocycles. The van der Waals surface area contributed by atoms with Gasteiger partial charge in [-0.1, -0.05) is 12.1 Å². The van der Waals surface area contributed by atoms with Gasteiger partial charge in [-0.2, -0.15) is 0 Å². The summed E-state index contributed by atoms with van der Waals surface area (Å²) in [6, 6.07) is 9.82. The molecule has 1 N–H and O–H groups in total. The van der Waals surface area contributed by atoms with Crippen molar-refractivity contribution < 1.29 is 4.74 Å². The van der Waals surface area contributed by atoms with E-state index in [4.69, 9.17) is 4.74 Å². The summed E-state index contributed by atoms with van der Waals surface area (Å²) in [5.74, 6) is 0. The maximum absolute atomic E-state index is 5.42. The minimum absolute atomic E-state index is 0.457. The van der Waals surface area contributed by atoms with Gasteiger partial charge < -0.3 is 15.0 Å². The Morgan fingerprint density at radius 3 is 2.37 bits per heavy atom. The molecule has 1 saturated heterocycles. The average Bonchev–Trinajstić information content (AvgIpc) is 3.30. The number of rotatable bonds is 5. The van der Waals surface area contributed by atoms with E-state index < -0.39 is 0 Å². The Morgan fingerprint density at radius 2 is 1.79 bits per heavy atom. The van der Waals surface area contributed by atoms with Gasteiger partial charge >= 0.3 is 0 Å². The molecular formula is C16H24N2O. The van der Waals surface area contributed by atoms with Crippen LogP contribution in [0.3, 0.4) is 0 Å². The minimum Gasteiger partial charge on any atom is -0.381 e. The molecule has 0 amide bonds. The van der Waals surface area contributed by atoms with Gasteiger partial charge in [0.1, 0.15) is 0 Å². The van der Waals surface area contributed by atoms with Crippen LogP contribution < -0.4 is 10.2 Å². The Labute approximate surface area is 115 Å². The summed E-state index contributed by atoms with van der Waals surface area (Å²) in [6.45, 7) is 3.23. The molecular weight excluding hydrogens is 236 g/mol. The van der Waals surface area contributed by atoms with Gasteiger partial charge in [0.2, 0.25) is 0 Å². The van der Waals surface area contributed by atoms with E-state index in [1.54, 1.807) is 0 Å². The van der Waals surface area contributed by atoms with E-state index in [0.717, 1.165) is 38.5 Å². The second-order valence-electron chi connectivity index (χ2n) is 5.74. The van der Waals surface area contributed by atoms with Gasteiger partial charge in [0.25, 0.3) is 0 Å². The van der Waals surface area contributed by atoms with Crippen molar-refractivity contribution in [2.75, 3.05) is 25.1 Å². The number of ether oxygens (including phenoxy) is 1. The topological polar surface area (TPSA) is 24.5 Å². The summed E-state index contributed by atoms with van der Waals surface area (Å²) in [5, 5.41) is 3.56. The lowest BCUT2D eigenvalue weighted by molar-refractivity contribution is 0.0819. The molecule has 2 aliphatic rings. The standard InChI is InChI=1S/C16H24N2O/c1-19-16-8-10-18(11-9-16)15-6-2-13(3-7-15)12-17-14-4-5-14/h2-3,6-7,14,16-17H,4-5,8-12H2,1H3. The van der Waals surface area contributed by atoms with Crippen LogP contribution in [0.25, 0.3) is 0 Å². The molecule has 2 fully saturated rings. The number of methoxy groups -OCH3 is 1. The lowest BCUT2D eigenvalue weighted by Gasteiger charge is -2.33. The predicted molar refractivity (Wildman–Crippen MR) is 78.5 cm³/mol. The number of nitrogens with one attached hydrogen (secondary N) is 1. The Kier molecular flexibility index (Phi) is 4.04. The zero-order valence-corrected chi connectivity index (χ0v) is 11.8. The van der Waals surface area contributed by atoms with Crippen LogP contribution in [0, 0.1) is 0 Å².